The third-order valence-electron chi connectivity index (χ3n) is 2.77. The lowest BCUT2D eigenvalue weighted by molar-refractivity contribution is 0.0914. The molecule has 0 radical (unpaired) electrons. The second-order valence-electron chi connectivity index (χ2n) is 5.68. The Morgan fingerprint density at radius 2 is 2.09 bits per heavy atom. The zero-order valence-electron chi connectivity index (χ0n) is 13.0. The molecule has 1 aromatic carbocycles. The lowest BCUT2D eigenvalue weighted by Crippen LogP contribution is -2.45. The van der Waals surface area contributed by atoms with Gasteiger partial charge in [0.05, 0.1) is 0 Å². The summed E-state index contributed by atoms with van der Waals surface area (Å²) in [6.07, 6.45) is 0. The molecule has 0 aliphatic carbocycles. The Hall–Kier alpha value is -1.50. The lowest BCUT2D eigenvalue weighted by atomic mass is 10.1. The topological polar surface area (TPSA) is 77.5 Å². The van der Waals surface area contributed by atoms with E-state index in [0.717, 1.165) is 10.2 Å². The zero-order valence-corrected chi connectivity index (χ0v) is 15.4. The van der Waals surface area contributed by atoms with Crippen LogP contribution in [0.2, 0.25) is 0 Å². The van der Waals surface area contributed by atoms with Crippen molar-refractivity contribution in [2.45, 2.75) is 26.0 Å². The van der Waals surface area contributed by atoms with Crippen LogP contribution < -0.4 is 15.8 Å². The molecule has 7 heteroatoms. The first kappa shape index (κ1) is 19.5. The van der Waals surface area contributed by atoms with Crippen molar-refractivity contribution in [1.82, 2.24) is 5.32 Å². The van der Waals surface area contributed by atoms with E-state index < -0.39 is 5.54 Å². The minimum absolute atomic E-state index is 0. The summed E-state index contributed by atoms with van der Waals surface area (Å²) in [5.41, 5.74) is 5.36. The summed E-state index contributed by atoms with van der Waals surface area (Å²) < 4.78 is 12.0. The van der Waals surface area contributed by atoms with E-state index in [0.29, 0.717) is 12.3 Å². The minimum Gasteiger partial charge on any atom is -0.486 e. The second-order valence-corrected chi connectivity index (χ2v) is 6.60. The molecule has 23 heavy (non-hydrogen) atoms. The van der Waals surface area contributed by atoms with E-state index in [-0.39, 0.29) is 30.7 Å². The Balaban J connectivity index is 0.00000264. The Labute approximate surface area is 150 Å². The van der Waals surface area contributed by atoms with Gasteiger partial charge in [-0.3, -0.25) is 4.79 Å². The Morgan fingerprint density at radius 1 is 1.35 bits per heavy atom. The average Bonchev–Trinajstić information content (AvgIpc) is 2.91. The molecular weight excluding hydrogens is 384 g/mol. The Bertz CT molecular complexity index is 653. The summed E-state index contributed by atoms with van der Waals surface area (Å²) in [4.78, 5) is 11.9. The van der Waals surface area contributed by atoms with Gasteiger partial charge in [-0.1, -0.05) is 22.0 Å². The summed E-state index contributed by atoms with van der Waals surface area (Å²) in [5, 5.41) is 2.73. The largest absolute Gasteiger partial charge is 0.486 e. The quantitative estimate of drug-likeness (QED) is 0.774. The second kappa shape index (κ2) is 8.38. The molecule has 0 spiro atoms. The highest BCUT2D eigenvalue weighted by molar-refractivity contribution is 9.10. The highest BCUT2D eigenvalue weighted by Crippen LogP contribution is 2.19. The molecule has 1 heterocycles. The van der Waals surface area contributed by atoms with E-state index in [1.165, 1.54) is 0 Å². The van der Waals surface area contributed by atoms with Crippen molar-refractivity contribution in [3.8, 4) is 5.75 Å². The van der Waals surface area contributed by atoms with Crippen molar-refractivity contribution in [2.75, 3.05) is 6.54 Å². The smallest absolute Gasteiger partial charge is 0.287 e. The number of halogens is 2. The maximum Gasteiger partial charge on any atom is 0.287 e. The van der Waals surface area contributed by atoms with Gasteiger partial charge in [-0.05, 0) is 44.2 Å². The van der Waals surface area contributed by atoms with E-state index in [1.54, 1.807) is 12.1 Å². The highest BCUT2D eigenvalue weighted by Gasteiger charge is 2.16. The molecule has 1 aromatic heterocycles. The lowest BCUT2D eigenvalue weighted by Gasteiger charge is -2.18. The molecular formula is C16H20BrClN2O3. The van der Waals surface area contributed by atoms with Crippen LogP contribution in [0.4, 0.5) is 0 Å². The SMILES string of the molecule is CC(C)(N)CNC(=O)c1ccc(COc2cccc(Br)c2)o1.Cl. The predicted molar refractivity (Wildman–Crippen MR) is 95.0 cm³/mol. The Morgan fingerprint density at radius 3 is 2.74 bits per heavy atom. The van der Waals surface area contributed by atoms with Crippen LogP contribution in [0.3, 0.4) is 0 Å². The average molecular weight is 404 g/mol. The fraction of sp³-hybridized carbons (Fsp3) is 0.312. The summed E-state index contributed by atoms with van der Waals surface area (Å²) in [5.74, 6) is 1.27. The molecule has 0 unspecified atom stereocenters. The number of hydrogen-bond donors (Lipinski definition) is 2. The fourth-order valence-electron chi connectivity index (χ4n) is 1.68. The molecule has 3 N–H and O–H groups in total. The van der Waals surface area contributed by atoms with Crippen LogP contribution in [-0.2, 0) is 6.61 Å². The van der Waals surface area contributed by atoms with Gasteiger partial charge >= 0.3 is 0 Å². The number of amides is 1. The molecule has 0 fully saturated rings. The number of furan rings is 1. The molecule has 0 saturated heterocycles. The fourth-order valence-corrected chi connectivity index (χ4v) is 2.06. The molecule has 5 nitrogen and oxygen atoms in total. The number of nitrogens with two attached hydrogens (primary N) is 1. The minimum atomic E-state index is -0.463. The number of rotatable bonds is 6. The summed E-state index contributed by atoms with van der Waals surface area (Å²) in [7, 11) is 0. The van der Waals surface area contributed by atoms with Crippen molar-refractivity contribution in [2.24, 2.45) is 5.73 Å². The molecule has 0 aliphatic rings. The van der Waals surface area contributed by atoms with E-state index >= 15 is 0 Å². The van der Waals surface area contributed by atoms with Crippen molar-refractivity contribution in [3.63, 3.8) is 0 Å². The molecule has 1 amide bonds. The number of hydrogen-bond acceptors (Lipinski definition) is 4. The van der Waals surface area contributed by atoms with Crippen LogP contribution in [0, 0.1) is 0 Å². The van der Waals surface area contributed by atoms with Crippen molar-refractivity contribution < 1.29 is 13.9 Å². The van der Waals surface area contributed by atoms with Gasteiger partial charge in [-0.15, -0.1) is 12.4 Å². The summed E-state index contributed by atoms with van der Waals surface area (Å²) in [6.45, 7) is 4.31. The van der Waals surface area contributed by atoms with Crippen molar-refractivity contribution in [1.29, 1.82) is 0 Å². The van der Waals surface area contributed by atoms with E-state index in [2.05, 4.69) is 21.2 Å². The molecule has 2 aromatic rings. The van der Waals surface area contributed by atoms with Crippen LogP contribution in [-0.4, -0.2) is 18.0 Å². The van der Waals surface area contributed by atoms with Gasteiger partial charge in [0.25, 0.3) is 5.91 Å². The standard InChI is InChI=1S/C16H19BrN2O3.ClH/c1-16(2,18)10-19-15(20)14-7-6-13(22-14)9-21-12-5-3-4-11(17)8-12;/h3-8H,9-10,18H2,1-2H3,(H,19,20);1H. The number of nitrogens with one attached hydrogen (secondary N) is 1. The number of benzene rings is 1. The highest BCUT2D eigenvalue weighted by atomic mass is 79.9. The maximum absolute atomic E-state index is 11.9. The first-order valence-electron chi connectivity index (χ1n) is 6.88. The van der Waals surface area contributed by atoms with Gasteiger partial charge in [-0.2, -0.15) is 0 Å². The molecule has 0 saturated carbocycles. The van der Waals surface area contributed by atoms with Gasteiger partial charge in [0.15, 0.2) is 5.76 Å². The van der Waals surface area contributed by atoms with Gasteiger partial charge < -0.3 is 20.2 Å². The van der Waals surface area contributed by atoms with Crippen LogP contribution >= 0.6 is 28.3 Å². The van der Waals surface area contributed by atoms with Crippen LogP contribution in [0.25, 0.3) is 0 Å². The van der Waals surface area contributed by atoms with E-state index in [1.807, 2.05) is 38.1 Å². The van der Waals surface area contributed by atoms with Crippen molar-refractivity contribution in [3.05, 3.63) is 52.4 Å². The summed E-state index contributed by atoms with van der Waals surface area (Å²) in [6, 6.07) is 10.9. The predicted octanol–water partition coefficient (Wildman–Crippen LogP) is 3.51. The molecule has 126 valence electrons. The molecule has 0 aliphatic heterocycles. The normalized spacial score (nSPS) is 10.8. The van der Waals surface area contributed by atoms with Crippen LogP contribution in [0.1, 0.15) is 30.2 Å². The number of carbonyl (C=O) groups is 1. The van der Waals surface area contributed by atoms with Gasteiger partial charge in [-0.25, -0.2) is 0 Å². The third-order valence-corrected chi connectivity index (χ3v) is 3.26. The van der Waals surface area contributed by atoms with Crippen molar-refractivity contribution >= 4 is 34.2 Å². The first-order valence-corrected chi connectivity index (χ1v) is 7.67. The van der Waals surface area contributed by atoms with Gasteiger partial charge in [0.1, 0.15) is 18.1 Å². The number of carbonyl (C=O) groups excluding carboxylic acids is 1. The first-order chi connectivity index (χ1) is 10.3. The third kappa shape index (κ3) is 6.64. The molecule has 2 rings (SSSR count). The molecule has 0 bridgehead atoms. The summed E-state index contributed by atoms with van der Waals surface area (Å²) >= 11 is 3.38. The van der Waals surface area contributed by atoms with E-state index in [9.17, 15) is 4.79 Å². The van der Waals surface area contributed by atoms with Gasteiger partial charge in [0, 0.05) is 16.6 Å². The number of ether oxygens (including phenoxy) is 1. The Kier molecular flexibility index (Phi) is 7.12. The zero-order chi connectivity index (χ0) is 16.2. The maximum atomic E-state index is 11.9. The van der Waals surface area contributed by atoms with Gasteiger partial charge in [0.2, 0.25) is 0 Å². The monoisotopic (exact) mass is 402 g/mol. The molecule has 0 atom stereocenters. The van der Waals surface area contributed by atoms with Crippen LogP contribution in [0.15, 0.2) is 45.3 Å². The van der Waals surface area contributed by atoms with Crippen LogP contribution in [0.5, 0.6) is 5.75 Å². The van der Waals surface area contributed by atoms with E-state index in [4.69, 9.17) is 14.9 Å².